The third kappa shape index (κ3) is 4.76. The van der Waals surface area contributed by atoms with Gasteiger partial charge in [-0.15, -0.1) is 0 Å². The number of hydrogen-bond donors (Lipinski definition) is 1. The van der Waals surface area contributed by atoms with Gasteiger partial charge in [-0.25, -0.2) is 0 Å². The molecule has 2 aromatic carbocycles. The maximum absolute atomic E-state index is 13.3. The first-order chi connectivity index (χ1) is 16.4. The molecule has 2 saturated heterocycles. The van der Waals surface area contributed by atoms with Gasteiger partial charge in [-0.1, -0.05) is 23.7 Å². The molecule has 2 atom stereocenters. The standard InChI is InChI=1S/C26H28ClNO6/c1-3-32-17-8-5-7-16(13-17)23-22(24(29)20-14-18(33-4-2)10-11-21(20)27)25(30)26(31)28(23)15-19-9-6-12-34-19/h5,7-8,10-11,13-14,19,23,29H,3-4,6,9,12,15H2,1-2H3/b24-22+. The summed E-state index contributed by atoms with van der Waals surface area (Å²) in [7, 11) is 0. The van der Waals surface area contributed by atoms with Crippen LogP contribution in [0.15, 0.2) is 48.0 Å². The Hall–Kier alpha value is -3.03. The van der Waals surface area contributed by atoms with Gasteiger partial charge in [0, 0.05) is 18.7 Å². The number of hydrogen-bond acceptors (Lipinski definition) is 6. The van der Waals surface area contributed by atoms with Crippen LogP contribution in [-0.4, -0.2) is 54.2 Å². The number of carbonyl (C=O) groups excluding carboxylic acids is 2. The molecule has 1 N–H and O–H groups in total. The van der Waals surface area contributed by atoms with Crippen LogP contribution in [0.25, 0.3) is 5.76 Å². The van der Waals surface area contributed by atoms with Crippen LogP contribution in [0, 0.1) is 0 Å². The number of likely N-dealkylation sites (tertiary alicyclic amines) is 1. The molecular formula is C26H28ClNO6. The highest BCUT2D eigenvalue weighted by molar-refractivity contribution is 6.47. The summed E-state index contributed by atoms with van der Waals surface area (Å²) in [4.78, 5) is 27.9. The minimum absolute atomic E-state index is 0.0211. The van der Waals surface area contributed by atoms with Crippen LogP contribution in [0.2, 0.25) is 5.02 Å². The molecule has 2 aliphatic heterocycles. The van der Waals surface area contributed by atoms with E-state index < -0.39 is 17.7 Å². The summed E-state index contributed by atoms with van der Waals surface area (Å²) >= 11 is 6.39. The van der Waals surface area contributed by atoms with Gasteiger partial charge in [0.1, 0.15) is 17.3 Å². The Morgan fingerprint density at radius 1 is 1.12 bits per heavy atom. The number of carbonyl (C=O) groups is 2. The smallest absolute Gasteiger partial charge is 0.295 e. The van der Waals surface area contributed by atoms with Gasteiger partial charge in [0.2, 0.25) is 0 Å². The van der Waals surface area contributed by atoms with E-state index in [0.717, 1.165) is 12.8 Å². The summed E-state index contributed by atoms with van der Waals surface area (Å²) in [5.41, 5.74) is 0.864. The van der Waals surface area contributed by atoms with E-state index in [4.69, 9.17) is 25.8 Å². The van der Waals surface area contributed by atoms with Crippen molar-refractivity contribution < 1.29 is 28.9 Å². The number of ether oxygens (including phenoxy) is 3. The number of nitrogens with zero attached hydrogens (tertiary/aromatic N) is 1. The summed E-state index contributed by atoms with van der Waals surface area (Å²) in [5, 5.41) is 11.6. The Balaban J connectivity index is 1.85. The summed E-state index contributed by atoms with van der Waals surface area (Å²) < 4.78 is 16.9. The zero-order chi connectivity index (χ0) is 24.2. The van der Waals surface area contributed by atoms with E-state index in [1.54, 1.807) is 30.3 Å². The molecule has 2 heterocycles. The molecule has 4 rings (SSSR count). The molecule has 2 aliphatic rings. The number of benzene rings is 2. The highest BCUT2D eigenvalue weighted by Gasteiger charge is 2.47. The van der Waals surface area contributed by atoms with Gasteiger partial charge in [-0.3, -0.25) is 9.59 Å². The van der Waals surface area contributed by atoms with Crippen LogP contribution in [0.4, 0.5) is 0 Å². The predicted octanol–water partition coefficient (Wildman–Crippen LogP) is 4.74. The fourth-order valence-corrected chi connectivity index (χ4v) is 4.66. The van der Waals surface area contributed by atoms with E-state index in [0.29, 0.717) is 36.9 Å². The molecule has 0 aromatic heterocycles. The minimum Gasteiger partial charge on any atom is -0.507 e. The topological polar surface area (TPSA) is 85.3 Å². The summed E-state index contributed by atoms with van der Waals surface area (Å²) in [6.07, 6.45) is 1.54. The first-order valence-corrected chi connectivity index (χ1v) is 11.9. The van der Waals surface area contributed by atoms with Crippen molar-refractivity contribution >= 4 is 29.1 Å². The lowest BCUT2D eigenvalue weighted by molar-refractivity contribution is -0.140. The van der Waals surface area contributed by atoms with Crippen LogP contribution >= 0.6 is 11.6 Å². The Labute approximate surface area is 203 Å². The number of rotatable bonds is 8. The van der Waals surface area contributed by atoms with E-state index in [-0.39, 0.29) is 34.6 Å². The van der Waals surface area contributed by atoms with Crippen molar-refractivity contribution in [1.29, 1.82) is 0 Å². The second-order valence-corrected chi connectivity index (χ2v) is 8.57. The van der Waals surface area contributed by atoms with Gasteiger partial charge in [0.05, 0.1) is 36.0 Å². The lowest BCUT2D eigenvalue weighted by Gasteiger charge is -2.27. The molecule has 1 amide bonds. The number of aliphatic hydroxyl groups excluding tert-OH is 1. The fraction of sp³-hybridized carbons (Fsp3) is 0.385. The van der Waals surface area contributed by atoms with E-state index in [2.05, 4.69) is 0 Å². The molecule has 0 spiro atoms. The molecule has 0 radical (unpaired) electrons. The third-order valence-electron chi connectivity index (χ3n) is 5.95. The van der Waals surface area contributed by atoms with Gasteiger partial charge >= 0.3 is 0 Å². The highest BCUT2D eigenvalue weighted by atomic mass is 35.5. The van der Waals surface area contributed by atoms with E-state index >= 15 is 0 Å². The monoisotopic (exact) mass is 485 g/mol. The first kappa shape index (κ1) is 24.1. The van der Waals surface area contributed by atoms with Gasteiger partial charge < -0.3 is 24.2 Å². The van der Waals surface area contributed by atoms with Crippen molar-refractivity contribution in [3.05, 3.63) is 64.2 Å². The number of aliphatic hydroxyl groups is 1. The Morgan fingerprint density at radius 2 is 1.85 bits per heavy atom. The van der Waals surface area contributed by atoms with Crippen LogP contribution < -0.4 is 9.47 Å². The third-order valence-corrected chi connectivity index (χ3v) is 6.28. The normalized spacial score (nSPS) is 21.8. The van der Waals surface area contributed by atoms with Crippen molar-refractivity contribution in [3.8, 4) is 11.5 Å². The van der Waals surface area contributed by atoms with Crippen molar-refractivity contribution in [3.63, 3.8) is 0 Å². The van der Waals surface area contributed by atoms with E-state index in [1.807, 2.05) is 26.0 Å². The average Bonchev–Trinajstić information content (AvgIpc) is 3.43. The molecule has 0 bridgehead atoms. The molecule has 2 unspecified atom stereocenters. The summed E-state index contributed by atoms with van der Waals surface area (Å²) in [5.74, 6) is -0.677. The van der Waals surface area contributed by atoms with Crippen molar-refractivity contribution in [2.75, 3.05) is 26.4 Å². The zero-order valence-electron chi connectivity index (χ0n) is 19.3. The molecule has 0 aliphatic carbocycles. The molecule has 2 fully saturated rings. The molecule has 8 heteroatoms. The number of ketones is 1. The largest absolute Gasteiger partial charge is 0.507 e. The SMILES string of the molecule is CCOc1cccc(C2/C(=C(\O)c3cc(OCC)ccc3Cl)C(=O)C(=O)N2CC2CCCO2)c1. The van der Waals surface area contributed by atoms with Gasteiger partial charge in [0.25, 0.3) is 11.7 Å². The van der Waals surface area contributed by atoms with Crippen LogP contribution in [0.3, 0.4) is 0 Å². The molecule has 7 nitrogen and oxygen atoms in total. The Kier molecular flexibility index (Phi) is 7.44. The number of amides is 1. The highest BCUT2D eigenvalue weighted by Crippen LogP contribution is 2.42. The summed E-state index contributed by atoms with van der Waals surface area (Å²) in [6, 6.07) is 11.2. The maximum Gasteiger partial charge on any atom is 0.295 e. The van der Waals surface area contributed by atoms with Crippen molar-refractivity contribution in [1.82, 2.24) is 4.90 Å². The van der Waals surface area contributed by atoms with Crippen LogP contribution in [-0.2, 0) is 14.3 Å². The lowest BCUT2D eigenvalue weighted by Crippen LogP contribution is -2.36. The van der Waals surface area contributed by atoms with Crippen LogP contribution in [0.5, 0.6) is 11.5 Å². The first-order valence-electron chi connectivity index (χ1n) is 11.5. The maximum atomic E-state index is 13.3. The fourth-order valence-electron chi connectivity index (χ4n) is 4.45. The second kappa shape index (κ2) is 10.5. The van der Waals surface area contributed by atoms with Gasteiger partial charge in [-0.2, -0.15) is 0 Å². The van der Waals surface area contributed by atoms with E-state index in [9.17, 15) is 14.7 Å². The molecule has 34 heavy (non-hydrogen) atoms. The van der Waals surface area contributed by atoms with E-state index in [1.165, 1.54) is 4.90 Å². The van der Waals surface area contributed by atoms with Crippen molar-refractivity contribution in [2.24, 2.45) is 0 Å². The minimum atomic E-state index is -0.809. The average molecular weight is 486 g/mol. The zero-order valence-corrected chi connectivity index (χ0v) is 20.0. The quantitative estimate of drug-likeness (QED) is 0.330. The summed E-state index contributed by atoms with van der Waals surface area (Å²) in [6.45, 7) is 5.49. The Morgan fingerprint density at radius 3 is 2.53 bits per heavy atom. The predicted molar refractivity (Wildman–Crippen MR) is 128 cm³/mol. The number of Topliss-reactive ketones (excluding diaryl/α,β-unsaturated/α-hetero) is 1. The molecule has 0 saturated carbocycles. The lowest BCUT2D eigenvalue weighted by atomic mass is 9.95. The Bertz CT molecular complexity index is 1110. The molecule has 180 valence electrons. The molecular weight excluding hydrogens is 458 g/mol. The van der Waals surface area contributed by atoms with Crippen LogP contribution in [0.1, 0.15) is 43.9 Å². The molecule has 2 aromatic rings. The van der Waals surface area contributed by atoms with Gasteiger partial charge in [0.15, 0.2) is 0 Å². The number of halogens is 1. The van der Waals surface area contributed by atoms with Crippen molar-refractivity contribution in [2.45, 2.75) is 38.8 Å². The van der Waals surface area contributed by atoms with Gasteiger partial charge in [-0.05, 0) is 62.6 Å². The second-order valence-electron chi connectivity index (χ2n) is 8.17.